The molecule has 4 nitrogen and oxygen atoms in total. The number of carbonyl (C=O) groups is 1. The van der Waals surface area contributed by atoms with Crippen LogP contribution in [0.3, 0.4) is 0 Å². The lowest BCUT2D eigenvalue weighted by molar-refractivity contribution is -0.121. The molecule has 0 saturated carbocycles. The van der Waals surface area contributed by atoms with Crippen molar-refractivity contribution in [3.8, 4) is 0 Å². The maximum atomic E-state index is 11.6. The van der Waals surface area contributed by atoms with Crippen LogP contribution in [0, 0.1) is 11.8 Å². The number of amides is 1. The standard InChI is InChI=1S/C13H27N3O/c1-11(8-14)9-15-13(17)6-5-12-4-3-7-16(2)10-12/h11-12H,3-10,14H2,1-2H3,(H,15,17). The van der Waals surface area contributed by atoms with Crippen LogP contribution in [0.4, 0.5) is 0 Å². The molecular formula is C13H27N3O. The van der Waals surface area contributed by atoms with Gasteiger partial charge < -0.3 is 16.0 Å². The normalized spacial score (nSPS) is 23.4. The summed E-state index contributed by atoms with van der Waals surface area (Å²) in [6.45, 7) is 5.74. The molecule has 2 atom stereocenters. The third-order valence-corrected chi connectivity index (χ3v) is 3.55. The number of nitrogens with two attached hydrogens (primary N) is 1. The number of hydrogen-bond donors (Lipinski definition) is 2. The first-order valence-corrected chi connectivity index (χ1v) is 6.77. The molecule has 1 aliphatic rings. The molecule has 0 radical (unpaired) electrons. The van der Waals surface area contributed by atoms with Crippen LogP contribution in [0.15, 0.2) is 0 Å². The van der Waals surface area contributed by atoms with E-state index >= 15 is 0 Å². The predicted molar refractivity (Wildman–Crippen MR) is 70.7 cm³/mol. The number of rotatable bonds is 6. The predicted octanol–water partition coefficient (Wildman–Crippen LogP) is 0.819. The van der Waals surface area contributed by atoms with Crippen molar-refractivity contribution in [3.63, 3.8) is 0 Å². The summed E-state index contributed by atoms with van der Waals surface area (Å²) < 4.78 is 0. The molecule has 1 heterocycles. The third-order valence-electron chi connectivity index (χ3n) is 3.55. The first-order valence-electron chi connectivity index (χ1n) is 6.77. The molecule has 1 aliphatic heterocycles. The van der Waals surface area contributed by atoms with Crippen LogP contribution in [0.25, 0.3) is 0 Å². The van der Waals surface area contributed by atoms with E-state index in [0.29, 0.717) is 31.3 Å². The Labute approximate surface area is 105 Å². The fourth-order valence-electron chi connectivity index (χ4n) is 2.30. The van der Waals surface area contributed by atoms with Crippen LogP contribution in [0.2, 0.25) is 0 Å². The van der Waals surface area contributed by atoms with Crippen molar-refractivity contribution in [2.24, 2.45) is 17.6 Å². The van der Waals surface area contributed by atoms with Gasteiger partial charge in [0.2, 0.25) is 5.91 Å². The topological polar surface area (TPSA) is 58.4 Å². The Morgan fingerprint density at radius 2 is 2.35 bits per heavy atom. The van der Waals surface area contributed by atoms with E-state index in [1.807, 2.05) is 0 Å². The summed E-state index contributed by atoms with van der Waals surface area (Å²) >= 11 is 0. The monoisotopic (exact) mass is 241 g/mol. The van der Waals surface area contributed by atoms with E-state index in [-0.39, 0.29) is 5.91 Å². The van der Waals surface area contributed by atoms with Gasteiger partial charge in [0.1, 0.15) is 0 Å². The van der Waals surface area contributed by atoms with E-state index < -0.39 is 0 Å². The second kappa shape index (κ2) is 7.67. The second-order valence-electron chi connectivity index (χ2n) is 5.45. The van der Waals surface area contributed by atoms with Crippen molar-refractivity contribution >= 4 is 5.91 Å². The summed E-state index contributed by atoms with van der Waals surface area (Å²) in [5, 5.41) is 2.95. The van der Waals surface area contributed by atoms with Crippen LogP contribution < -0.4 is 11.1 Å². The van der Waals surface area contributed by atoms with Crippen LogP contribution >= 0.6 is 0 Å². The van der Waals surface area contributed by atoms with E-state index in [1.165, 1.54) is 19.4 Å². The first-order chi connectivity index (χ1) is 8.11. The Kier molecular flexibility index (Phi) is 6.52. The van der Waals surface area contributed by atoms with Gasteiger partial charge in [0.15, 0.2) is 0 Å². The van der Waals surface area contributed by atoms with E-state index in [1.54, 1.807) is 0 Å². The zero-order chi connectivity index (χ0) is 12.7. The Hall–Kier alpha value is -0.610. The molecule has 1 amide bonds. The van der Waals surface area contributed by atoms with Gasteiger partial charge in [-0.3, -0.25) is 4.79 Å². The van der Waals surface area contributed by atoms with Gasteiger partial charge in [0, 0.05) is 19.5 Å². The van der Waals surface area contributed by atoms with Gasteiger partial charge in [-0.05, 0) is 51.2 Å². The molecule has 0 spiro atoms. The molecule has 100 valence electrons. The van der Waals surface area contributed by atoms with Gasteiger partial charge in [-0.15, -0.1) is 0 Å². The van der Waals surface area contributed by atoms with Gasteiger partial charge in [-0.2, -0.15) is 0 Å². The molecule has 1 fully saturated rings. The number of likely N-dealkylation sites (tertiary alicyclic amines) is 1. The number of nitrogens with one attached hydrogen (secondary N) is 1. The fourth-order valence-corrected chi connectivity index (χ4v) is 2.30. The summed E-state index contributed by atoms with van der Waals surface area (Å²) in [6.07, 6.45) is 4.23. The van der Waals surface area contributed by atoms with E-state index in [4.69, 9.17) is 5.73 Å². The molecule has 0 bridgehead atoms. The zero-order valence-corrected chi connectivity index (χ0v) is 11.2. The first kappa shape index (κ1) is 14.5. The Morgan fingerprint density at radius 1 is 1.59 bits per heavy atom. The molecular weight excluding hydrogens is 214 g/mol. The summed E-state index contributed by atoms with van der Waals surface area (Å²) in [4.78, 5) is 14.0. The molecule has 3 N–H and O–H groups in total. The largest absolute Gasteiger partial charge is 0.356 e. The third kappa shape index (κ3) is 6.03. The van der Waals surface area contributed by atoms with Crippen molar-refractivity contribution in [1.29, 1.82) is 0 Å². The molecule has 17 heavy (non-hydrogen) atoms. The van der Waals surface area contributed by atoms with Crippen molar-refractivity contribution in [1.82, 2.24) is 10.2 Å². The molecule has 2 unspecified atom stereocenters. The van der Waals surface area contributed by atoms with Gasteiger partial charge >= 0.3 is 0 Å². The van der Waals surface area contributed by atoms with E-state index in [0.717, 1.165) is 13.0 Å². The summed E-state index contributed by atoms with van der Waals surface area (Å²) in [7, 11) is 2.16. The zero-order valence-electron chi connectivity index (χ0n) is 11.2. The molecule has 0 aromatic rings. The summed E-state index contributed by atoms with van der Waals surface area (Å²) in [6, 6.07) is 0. The van der Waals surface area contributed by atoms with Crippen molar-refractivity contribution < 1.29 is 4.79 Å². The molecule has 0 aromatic heterocycles. The number of piperidine rings is 1. The van der Waals surface area contributed by atoms with Crippen molar-refractivity contribution in [3.05, 3.63) is 0 Å². The average Bonchev–Trinajstić information content (AvgIpc) is 2.33. The highest BCUT2D eigenvalue weighted by Crippen LogP contribution is 2.19. The Morgan fingerprint density at radius 3 is 3.00 bits per heavy atom. The highest BCUT2D eigenvalue weighted by atomic mass is 16.1. The Bertz CT molecular complexity index is 233. The number of nitrogens with zero attached hydrogens (tertiary/aromatic N) is 1. The van der Waals surface area contributed by atoms with Crippen molar-refractivity contribution in [2.45, 2.75) is 32.6 Å². The minimum absolute atomic E-state index is 0.179. The van der Waals surface area contributed by atoms with Gasteiger partial charge in [-0.1, -0.05) is 6.92 Å². The highest BCUT2D eigenvalue weighted by Gasteiger charge is 2.17. The second-order valence-corrected chi connectivity index (χ2v) is 5.45. The lowest BCUT2D eigenvalue weighted by Crippen LogP contribution is -2.34. The quantitative estimate of drug-likeness (QED) is 0.724. The molecule has 1 saturated heterocycles. The van der Waals surface area contributed by atoms with Crippen LogP contribution in [0.1, 0.15) is 32.6 Å². The minimum Gasteiger partial charge on any atom is -0.356 e. The van der Waals surface area contributed by atoms with E-state index in [9.17, 15) is 4.79 Å². The summed E-state index contributed by atoms with van der Waals surface area (Å²) in [5.41, 5.74) is 5.51. The maximum Gasteiger partial charge on any atom is 0.220 e. The number of hydrogen-bond acceptors (Lipinski definition) is 3. The average molecular weight is 241 g/mol. The molecule has 4 heteroatoms. The molecule has 1 rings (SSSR count). The Balaban J connectivity index is 2.10. The van der Waals surface area contributed by atoms with Crippen LogP contribution in [-0.2, 0) is 4.79 Å². The summed E-state index contributed by atoms with van der Waals surface area (Å²) in [5.74, 6) is 1.25. The van der Waals surface area contributed by atoms with Crippen molar-refractivity contribution in [2.75, 3.05) is 33.2 Å². The molecule has 0 aliphatic carbocycles. The SMILES string of the molecule is CC(CN)CNC(=O)CCC1CCCN(C)C1. The maximum absolute atomic E-state index is 11.6. The minimum atomic E-state index is 0.179. The van der Waals surface area contributed by atoms with Gasteiger partial charge in [0.05, 0.1) is 0 Å². The molecule has 0 aromatic carbocycles. The van der Waals surface area contributed by atoms with Gasteiger partial charge in [-0.25, -0.2) is 0 Å². The van der Waals surface area contributed by atoms with Crippen LogP contribution in [0.5, 0.6) is 0 Å². The fraction of sp³-hybridized carbons (Fsp3) is 0.923. The smallest absolute Gasteiger partial charge is 0.220 e. The lowest BCUT2D eigenvalue weighted by Gasteiger charge is -2.29. The van der Waals surface area contributed by atoms with Crippen LogP contribution in [-0.4, -0.2) is 44.0 Å². The van der Waals surface area contributed by atoms with E-state index in [2.05, 4.69) is 24.2 Å². The highest BCUT2D eigenvalue weighted by molar-refractivity contribution is 5.75. The van der Waals surface area contributed by atoms with Gasteiger partial charge in [0.25, 0.3) is 0 Å². The number of carbonyl (C=O) groups excluding carboxylic acids is 1. The lowest BCUT2D eigenvalue weighted by atomic mass is 9.93.